The number of para-hydroxylation sites is 2. The molecule has 1 aromatic heterocycles. The van der Waals surface area contributed by atoms with Gasteiger partial charge in [0.05, 0.1) is 24.0 Å². The van der Waals surface area contributed by atoms with Crippen LogP contribution >= 0.6 is 11.3 Å². The van der Waals surface area contributed by atoms with E-state index in [0.717, 1.165) is 40.4 Å². The fraction of sp³-hybridized carbons (Fsp3) is 0.231. The molecule has 33 heavy (non-hydrogen) atoms. The van der Waals surface area contributed by atoms with Crippen LogP contribution in [0.2, 0.25) is 0 Å². The van der Waals surface area contributed by atoms with Gasteiger partial charge in [0.15, 0.2) is 5.78 Å². The second-order valence-electron chi connectivity index (χ2n) is 8.23. The molecular formula is C26H24FN3O2S. The lowest BCUT2D eigenvalue weighted by atomic mass is 9.88. The topological polar surface area (TPSA) is 61.4 Å². The lowest BCUT2D eigenvalue weighted by Crippen LogP contribution is -2.40. The molecule has 168 valence electrons. The molecular weight excluding hydrogens is 437 g/mol. The Morgan fingerprint density at radius 3 is 2.73 bits per heavy atom. The monoisotopic (exact) mass is 461 g/mol. The summed E-state index contributed by atoms with van der Waals surface area (Å²) < 4.78 is 14.0. The van der Waals surface area contributed by atoms with Crippen LogP contribution in [0.15, 0.2) is 77.3 Å². The van der Waals surface area contributed by atoms with E-state index in [0.29, 0.717) is 12.0 Å². The van der Waals surface area contributed by atoms with Crippen molar-refractivity contribution in [1.29, 1.82) is 0 Å². The molecule has 0 spiro atoms. The number of benzene rings is 2. The minimum atomic E-state index is -0.358. The number of nitrogens with zero attached hydrogens (tertiary/aromatic N) is 1. The van der Waals surface area contributed by atoms with Crippen LogP contribution in [0, 0.1) is 5.82 Å². The smallest absolute Gasteiger partial charge is 0.239 e. The van der Waals surface area contributed by atoms with Gasteiger partial charge in [0.2, 0.25) is 5.91 Å². The highest BCUT2D eigenvalue weighted by molar-refractivity contribution is 7.10. The summed E-state index contributed by atoms with van der Waals surface area (Å²) in [6.45, 7) is 0.148. The molecule has 2 aliphatic rings. The maximum absolute atomic E-state index is 14.0. The molecule has 0 unspecified atom stereocenters. The van der Waals surface area contributed by atoms with Gasteiger partial charge in [-0.2, -0.15) is 0 Å². The first-order valence-electron chi connectivity index (χ1n) is 11.0. The molecule has 2 N–H and O–H groups in total. The first-order valence-corrected chi connectivity index (χ1v) is 11.9. The van der Waals surface area contributed by atoms with Crippen molar-refractivity contribution in [3.05, 3.63) is 93.6 Å². The van der Waals surface area contributed by atoms with Crippen molar-refractivity contribution >= 4 is 34.4 Å². The fourth-order valence-electron chi connectivity index (χ4n) is 4.56. The molecule has 1 aliphatic heterocycles. The van der Waals surface area contributed by atoms with Crippen molar-refractivity contribution in [2.75, 3.05) is 16.8 Å². The van der Waals surface area contributed by atoms with Crippen molar-refractivity contribution in [2.24, 2.45) is 0 Å². The van der Waals surface area contributed by atoms with Crippen molar-refractivity contribution in [3.63, 3.8) is 0 Å². The van der Waals surface area contributed by atoms with Crippen LogP contribution in [0.3, 0.4) is 0 Å². The van der Waals surface area contributed by atoms with Gasteiger partial charge in [-0.05, 0) is 42.5 Å². The molecule has 0 saturated heterocycles. The normalized spacial score (nSPS) is 17.7. The molecule has 2 aromatic carbocycles. The van der Waals surface area contributed by atoms with Crippen LogP contribution in [0.5, 0.6) is 0 Å². The molecule has 0 radical (unpaired) electrons. The standard InChI is InChI=1S/C26H24FN3O2S/c27-18-8-2-1-7-17(18)15-28-24(32)16-30-21-11-4-3-9-19(21)29-20-10-5-12-22(31)25(20)26(30)23-13-6-14-33-23/h1-4,6-9,11,13-14,26,29H,5,10,12,15-16H2,(H,28,32)/t26-/m0/s1. The molecule has 1 aliphatic carbocycles. The number of hydrogen-bond donors (Lipinski definition) is 2. The summed E-state index contributed by atoms with van der Waals surface area (Å²) in [5, 5.41) is 8.33. The van der Waals surface area contributed by atoms with Crippen LogP contribution in [-0.4, -0.2) is 18.2 Å². The number of carbonyl (C=O) groups is 2. The van der Waals surface area contributed by atoms with Gasteiger partial charge in [0.25, 0.3) is 0 Å². The summed E-state index contributed by atoms with van der Waals surface area (Å²) in [5.41, 5.74) is 3.85. The van der Waals surface area contributed by atoms with E-state index in [1.54, 1.807) is 29.5 Å². The molecule has 3 aromatic rings. The Bertz CT molecular complexity index is 1220. The largest absolute Gasteiger partial charge is 0.357 e. The van der Waals surface area contributed by atoms with Gasteiger partial charge >= 0.3 is 0 Å². The van der Waals surface area contributed by atoms with Crippen LogP contribution in [0.4, 0.5) is 15.8 Å². The number of nitrogens with one attached hydrogen (secondary N) is 2. The molecule has 5 rings (SSSR count). The van der Waals surface area contributed by atoms with Crippen LogP contribution in [0.25, 0.3) is 0 Å². The molecule has 1 amide bonds. The second-order valence-corrected chi connectivity index (χ2v) is 9.20. The SMILES string of the molecule is O=C(CN1c2ccccc2NC2=C(C(=O)CCC2)[C@@H]1c1cccs1)NCc1ccccc1F. The third-order valence-electron chi connectivity index (χ3n) is 6.10. The highest BCUT2D eigenvalue weighted by Crippen LogP contribution is 2.45. The maximum atomic E-state index is 14.0. The Balaban J connectivity index is 1.51. The van der Waals surface area contributed by atoms with Crippen LogP contribution in [0.1, 0.15) is 35.7 Å². The predicted molar refractivity (Wildman–Crippen MR) is 129 cm³/mol. The zero-order valence-electron chi connectivity index (χ0n) is 18.0. The number of thiophene rings is 1. The molecule has 2 heterocycles. The van der Waals surface area contributed by atoms with Crippen molar-refractivity contribution in [2.45, 2.75) is 31.8 Å². The van der Waals surface area contributed by atoms with E-state index < -0.39 is 0 Å². The van der Waals surface area contributed by atoms with Gasteiger partial charge < -0.3 is 15.5 Å². The van der Waals surface area contributed by atoms with Crippen LogP contribution < -0.4 is 15.5 Å². The molecule has 5 nitrogen and oxygen atoms in total. The third kappa shape index (κ3) is 4.28. The van der Waals surface area contributed by atoms with Gasteiger partial charge in [0, 0.05) is 34.7 Å². The Morgan fingerprint density at radius 2 is 1.91 bits per heavy atom. The lowest BCUT2D eigenvalue weighted by molar-refractivity contribution is -0.120. The van der Waals surface area contributed by atoms with Crippen molar-refractivity contribution in [1.82, 2.24) is 5.32 Å². The maximum Gasteiger partial charge on any atom is 0.239 e. The summed E-state index contributed by atoms with van der Waals surface area (Å²) in [5.74, 6) is -0.463. The van der Waals surface area contributed by atoms with E-state index in [1.807, 2.05) is 46.7 Å². The summed E-state index contributed by atoms with van der Waals surface area (Å²) in [6.07, 6.45) is 2.11. The predicted octanol–water partition coefficient (Wildman–Crippen LogP) is 5.18. The average Bonchev–Trinajstić information content (AvgIpc) is 3.30. The van der Waals surface area contributed by atoms with E-state index in [9.17, 15) is 14.0 Å². The summed E-state index contributed by atoms with van der Waals surface area (Å²) in [4.78, 5) is 29.2. The molecule has 0 fully saturated rings. The van der Waals surface area contributed by atoms with Gasteiger partial charge in [0.1, 0.15) is 5.82 Å². The average molecular weight is 462 g/mol. The first-order chi connectivity index (χ1) is 16.1. The number of carbonyl (C=O) groups excluding carboxylic acids is 2. The van der Waals surface area contributed by atoms with E-state index in [1.165, 1.54) is 6.07 Å². The Morgan fingerprint density at radius 1 is 1.09 bits per heavy atom. The number of ketones is 1. The number of amides is 1. The zero-order valence-corrected chi connectivity index (χ0v) is 18.8. The van der Waals surface area contributed by atoms with Gasteiger partial charge in [-0.1, -0.05) is 36.4 Å². The minimum absolute atomic E-state index is 0.0414. The highest BCUT2D eigenvalue weighted by Gasteiger charge is 2.37. The first kappa shape index (κ1) is 21.4. The number of hydrogen-bond acceptors (Lipinski definition) is 5. The van der Waals surface area contributed by atoms with E-state index in [2.05, 4.69) is 10.6 Å². The van der Waals surface area contributed by atoms with Gasteiger partial charge in [-0.25, -0.2) is 4.39 Å². The van der Waals surface area contributed by atoms with E-state index in [-0.39, 0.29) is 36.6 Å². The summed E-state index contributed by atoms with van der Waals surface area (Å²) in [7, 11) is 0. The number of halogens is 1. The summed E-state index contributed by atoms with van der Waals surface area (Å²) >= 11 is 1.58. The zero-order chi connectivity index (χ0) is 22.8. The Labute approximate surface area is 195 Å². The molecule has 1 atom stereocenters. The van der Waals surface area contributed by atoms with Crippen LogP contribution in [-0.2, 0) is 16.1 Å². The lowest BCUT2D eigenvalue weighted by Gasteiger charge is -2.34. The number of rotatable bonds is 5. The quantitative estimate of drug-likeness (QED) is 0.549. The second kappa shape index (κ2) is 9.19. The van der Waals surface area contributed by atoms with E-state index in [4.69, 9.17) is 0 Å². The fourth-order valence-corrected chi connectivity index (χ4v) is 5.41. The number of fused-ring (bicyclic) bond motifs is 1. The number of anilines is 2. The highest BCUT2D eigenvalue weighted by atomic mass is 32.1. The number of Topliss-reactive ketones (excluding diaryl/α,β-unsaturated/α-hetero) is 1. The van der Waals surface area contributed by atoms with Crippen molar-refractivity contribution in [3.8, 4) is 0 Å². The summed E-state index contributed by atoms with van der Waals surface area (Å²) in [6, 6.07) is 17.9. The molecule has 7 heteroatoms. The Hall–Kier alpha value is -3.45. The molecule has 0 bridgehead atoms. The van der Waals surface area contributed by atoms with Gasteiger partial charge in [-0.3, -0.25) is 9.59 Å². The third-order valence-corrected chi connectivity index (χ3v) is 7.03. The van der Waals surface area contributed by atoms with Gasteiger partial charge in [-0.15, -0.1) is 11.3 Å². The number of allylic oxidation sites excluding steroid dienone is 1. The minimum Gasteiger partial charge on any atom is -0.357 e. The molecule has 0 saturated carbocycles. The van der Waals surface area contributed by atoms with E-state index >= 15 is 0 Å². The Kier molecular flexibility index (Phi) is 5.96. The van der Waals surface area contributed by atoms with Crippen molar-refractivity contribution < 1.29 is 14.0 Å².